The molecule has 0 amide bonds. The van der Waals surface area contributed by atoms with Crippen LogP contribution in [0, 0.1) is 11.8 Å². The summed E-state index contributed by atoms with van der Waals surface area (Å²) in [5.74, 6) is -0.372. The van der Waals surface area contributed by atoms with Crippen molar-refractivity contribution < 1.29 is 14.6 Å². The molecule has 74 valence electrons. The third kappa shape index (κ3) is 1.70. The van der Waals surface area contributed by atoms with Gasteiger partial charge in [-0.15, -0.1) is 0 Å². The summed E-state index contributed by atoms with van der Waals surface area (Å²) in [5.41, 5.74) is 0. The lowest BCUT2D eigenvalue weighted by Crippen LogP contribution is -2.25. The molecule has 1 saturated heterocycles. The first-order chi connectivity index (χ1) is 6.22. The number of rotatable bonds is 3. The van der Waals surface area contributed by atoms with Crippen LogP contribution in [0.25, 0.3) is 0 Å². The van der Waals surface area contributed by atoms with Crippen LogP contribution in [0.5, 0.6) is 0 Å². The molecule has 0 aromatic heterocycles. The highest BCUT2D eigenvalue weighted by Gasteiger charge is 2.46. The highest BCUT2D eigenvalue weighted by molar-refractivity contribution is 5.71. The largest absolute Gasteiger partial charge is 0.481 e. The van der Waals surface area contributed by atoms with E-state index in [0.29, 0.717) is 12.3 Å². The molecule has 13 heavy (non-hydrogen) atoms. The van der Waals surface area contributed by atoms with Gasteiger partial charge in [0.15, 0.2) is 0 Å². The number of hydrogen-bond acceptors (Lipinski definition) is 2. The summed E-state index contributed by atoms with van der Waals surface area (Å²) in [6.45, 7) is 2.05. The van der Waals surface area contributed by atoms with Gasteiger partial charge in [0.1, 0.15) is 0 Å². The highest BCUT2D eigenvalue weighted by atomic mass is 16.5. The molecule has 0 aromatic carbocycles. The van der Waals surface area contributed by atoms with Crippen LogP contribution in [0.3, 0.4) is 0 Å². The van der Waals surface area contributed by atoms with Gasteiger partial charge < -0.3 is 9.84 Å². The second kappa shape index (κ2) is 3.29. The van der Waals surface area contributed by atoms with Crippen molar-refractivity contribution in [1.82, 2.24) is 0 Å². The molecule has 3 atom stereocenters. The maximum absolute atomic E-state index is 10.9. The van der Waals surface area contributed by atoms with E-state index in [1.54, 1.807) is 0 Å². The van der Waals surface area contributed by atoms with E-state index in [9.17, 15) is 4.79 Å². The van der Waals surface area contributed by atoms with Gasteiger partial charge in [0.05, 0.1) is 18.1 Å². The van der Waals surface area contributed by atoms with Gasteiger partial charge in [0.2, 0.25) is 0 Å². The number of hydrogen-bond donors (Lipinski definition) is 1. The van der Waals surface area contributed by atoms with E-state index < -0.39 is 5.97 Å². The second-order valence-corrected chi connectivity index (χ2v) is 4.15. The third-order valence-electron chi connectivity index (χ3n) is 3.12. The minimum atomic E-state index is -0.673. The van der Waals surface area contributed by atoms with Crippen molar-refractivity contribution in [3.8, 4) is 0 Å². The van der Waals surface area contributed by atoms with Gasteiger partial charge in [-0.25, -0.2) is 0 Å². The Labute approximate surface area is 78.1 Å². The lowest BCUT2D eigenvalue weighted by molar-refractivity contribution is -0.144. The molecule has 3 unspecified atom stereocenters. The zero-order chi connectivity index (χ0) is 9.42. The summed E-state index contributed by atoms with van der Waals surface area (Å²) >= 11 is 0. The Morgan fingerprint density at radius 3 is 2.69 bits per heavy atom. The maximum atomic E-state index is 10.9. The number of carboxylic acids is 1. The van der Waals surface area contributed by atoms with Crippen molar-refractivity contribution in [2.75, 3.05) is 0 Å². The van der Waals surface area contributed by atoms with Crippen molar-refractivity contribution in [2.45, 2.75) is 44.8 Å². The van der Waals surface area contributed by atoms with Gasteiger partial charge in [0, 0.05) is 0 Å². The molecule has 2 rings (SSSR count). The molecule has 3 heteroatoms. The number of carboxylic acid groups (broad SMARTS) is 1. The van der Waals surface area contributed by atoms with Gasteiger partial charge in [-0.3, -0.25) is 4.79 Å². The first-order valence-corrected chi connectivity index (χ1v) is 5.10. The Morgan fingerprint density at radius 1 is 1.54 bits per heavy atom. The van der Waals surface area contributed by atoms with E-state index in [1.807, 2.05) is 0 Å². The molecule has 2 fully saturated rings. The molecule has 1 aliphatic carbocycles. The van der Waals surface area contributed by atoms with Gasteiger partial charge in [-0.05, 0) is 31.6 Å². The minimum Gasteiger partial charge on any atom is -0.481 e. The summed E-state index contributed by atoms with van der Waals surface area (Å²) in [4.78, 5) is 10.9. The van der Waals surface area contributed by atoms with Crippen molar-refractivity contribution in [1.29, 1.82) is 0 Å². The Bertz CT molecular complexity index is 210. The quantitative estimate of drug-likeness (QED) is 0.725. The predicted octanol–water partition coefficient (Wildman–Crippen LogP) is 1.66. The van der Waals surface area contributed by atoms with E-state index >= 15 is 0 Å². The lowest BCUT2D eigenvalue weighted by Gasteiger charge is -2.13. The zero-order valence-corrected chi connectivity index (χ0v) is 7.90. The molecular weight excluding hydrogens is 168 g/mol. The lowest BCUT2D eigenvalue weighted by atomic mass is 9.96. The van der Waals surface area contributed by atoms with Crippen molar-refractivity contribution in [2.24, 2.45) is 11.8 Å². The second-order valence-electron chi connectivity index (χ2n) is 4.15. The Morgan fingerprint density at radius 2 is 2.23 bits per heavy atom. The first-order valence-electron chi connectivity index (χ1n) is 5.10. The summed E-state index contributed by atoms with van der Waals surface area (Å²) in [5, 5.41) is 8.99. The average molecular weight is 184 g/mol. The SMILES string of the molecule is CCC1CC(C(=O)O)C(C2CC2)O1. The molecule has 1 saturated carbocycles. The van der Waals surface area contributed by atoms with Gasteiger partial charge in [-0.2, -0.15) is 0 Å². The molecule has 0 radical (unpaired) electrons. The fourth-order valence-electron chi connectivity index (χ4n) is 2.16. The van der Waals surface area contributed by atoms with Crippen LogP contribution < -0.4 is 0 Å². The van der Waals surface area contributed by atoms with Crippen LogP contribution in [0.4, 0.5) is 0 Å². The molecule has 0 spiro atoms. The Hall–Kier alpha value is -0.570. The van der Waals surface area contributed by atoms with Gasteiger partial charge >= 0.3 is 5.97 Å². The van der Waals surface area contributed by atoms with Crippen molar-refractivity contribution in [3.63, 3.8) is 0 Å². The fraction of sp³-hybridized carbons (Fsp3) is 0.900. The summed E-state index contributed by atoms with van der Waals surface area (Å²) < 4.78 is 5.73. The molecule has 0 bridgehead atoms. The van der Waals surface area contributed by atoms with Crippen LogP contribution in [-0.4, -0.2) is 23.3 Å². The smallest absolute Gasteiger partial charge is 0.309 e. The van der Waals surface area contributed by atoms with Crippen LogP contribution in [0.2, 0.25) is 0 Å². The van der Waals surface area contributed by atoms with E-state index in [4.69, 9.17) is 9.84 Å². The maximum Gasteiger partial charge on any atom is 0.309 e. The minimum absolute atomic E-state index is 0.0162. The molecule has 1 N–H and O–H groups in total. The fourth-order valence-corrected chi connectivity index (χ4v) is 2.16. The van der Waals surface area contributed by atoms with Gasteiger partial charge in [0.25, 0.3) is 0 Å². The molecule has 1 heterocycles. The zero-order valence-electron chi connectivity index (χ0n) is 7.90. The molecular formula is C10H16O3. The van der Waals surface area contributed by atoms with Crippen LogP contribution >= 0.6 is 0 Å². The van der Waals surface area contributed by atoms with E-state index in [1.165, 1.54) is 0 Å². The topological polar surface area (TPSA) is 46.5 Å². The van der Waals surface area contributed by atoms with Crippen molar-refractivity contribution >= 4 is 5.97 Å². The van der Waals surface area contributed by atoms with Crippen LogP contribution in [-0.2, 0) is 9.53 Å². The van der Waals surface area contributed by atoms with E-state index in [-0.39, 0.29) is 18.1 Å². The Kier molecular flexibility index (Phi) is 2.28. The third-order valence-corrected chi connectivity index (χ3v) is 3.12. The van der Waals surface area contributed by atoms with E-state index in [0.717, 1.165) is 19.3 Å². The first kappa shape index (κ1) is 9.00. The van der Waals surface area contributed by atoms with E-state index in [2.05, 4.69) is 6.92 Å². The summed E-state index contributed by atoms with van der Waals surface area (Å²) in [7, 11) is 0. The van der Waals surface area contributed by atoms with Crippen LogP contribution in [0.1, 0.15) is 32.6 Å². The molecule has 1 aliphatic heterocycles. The molecule has 0 aromatic rings. The number of ether oxygens (including phenoxy) is 1. The average Bonchev–Trinajstić information content (AvgIpc) is 2.84. The number of aliphatic carboxylic acids is 1. The Balaban J connectivity index is 2.02. The summed E-state index contributed by atoms with van der Waals surface area (Å²) in [6.07, 6.45) is 4.17. The predicted molar refractivity (Wildman–Crippen MR) is 47.4 cm³/mol. The van der Waals surface area contributed by atoms with Crippen molar-refractivity contribution in [3.05, 3.63) is 0 Å². The molecule has 3 nitrogen and oxygen atoms in total. The summed E-state index contributed by atoms with van der Waals surface area (Å²) in [6, 6.07) is 0. The monoisotopic (exact) mass is 184 g/mol. The van der Waals surface area contributed by atoms with Gasteiger partial charge in [-0.1, -0.05) is 6.92 Å². The normalized spacial score (nSPS) is 39.3. The number of carbonyl (C=O) groups is 1. The standard InChI is InChI=1S/C10H16O3/c1-2-7-5-8(10(11)12)9(13-7)6-3-4-6/h6-9H,2-5H2,1H3,(H,11,12). The molecule has 2 aliphatic rings. The highest BCUT2D eigenvalue weighted by Crippen LogP contribution is 2.43. The van der Waals surface area contributed by atoms with Crippen LogP contribution in [0.15, 0.2) is 0 Å².